The van der Waals surface area contributed by atoms with Crippen LogP contribution in [-0.2, 0) is 15.5 Å². The van der Waals surface area contributed by atoms with Gasteiger partial charge in [0.1, 0.15) is 5.75 Å². The molecule has 21 heavy (non-hydrogen) atoms. The Hall–Kier alpha value is -1.07. The van der Waals surface area contributed by atoms with Gasteiger partial charge >= 0.3 is 0 Å². The largest absolute Gasteiger partial charge is 0.494 e. The van der Waals surface area contributed by atoms with Crippen LogP contribution >= 0.6 is 0 Å². The van der Waals surface area contributed by atoms with Crippen molar-refractivity contribution in [1.29, 1.82) is 0 Å². The molecule has 2 rings (SSSR count). The van der Waals surface area contributed by atoms with Gasteiger partial charge in [-0.2, -0.15) is 0 Å². The van der Waals surface area contributed by atoms with Gasteiger partial charge in [-0.05, 0) is 59.2 Å². The van der Waals surface area contributed by atoms with Crippen molar-refractivity contribution in [2.75, 3.05) is 12.3 Å². The maximum atomic E-state index is 13.0. The minimum absolute atomic E-state index is 0.0910. The Morgan fingerprint density at radius 1 is 1.38 bits per heavy atom. The summed E-state index contributed by atoms with van der Waals surface area (Å²) in [5.41, 5.74) is 5.85. The number of nitrogens with two attached hydrogens (primary N) is 1. The van der Waals surface area contributed by atoms with Gasteiger partial charge in [-0.15, -0.1) is 0 Å². The molecule has 2 atom stereocenters. The second-order valence-corrected chi connectivity index (χ2v) is 8.19. The predicted molar refractivity (Wildman–Crippen MR) is 86.1 cm³/mol. The molecule has 2 N–H and O–H groups in total. The van der Waals surface area contributed by atoms with Crippen molar-refractivity contribution < 1.29 is 13.7 Å². The quantitative estimate of drug-likeness (QED) is 0.868. The zero-order valence-corrected chi connectivity index (χ0v) is 14.3. The van der Waals surface area contributed by atoms with Crippen LogP contribution in [0.2, 0.25) is 0 Å². The molecule has 0 aliphatic carbocycles. The summed E-state index contributed by atoms with van der Waals surface area (Å²) in [6.45, 7) is 10.5. The molecule has 0 aromatic heterocycles. The first-order chi connectivity index (χ1) is 9.66. The highest BCUT2D eigenvalue weighted by Crippen LogP contribution is 2.42. The Morgan fingerprint density at radius 3 is 2.57 bits per heavy atom. The lowest BCUT2D eigenvalue weighted by atomic mass is 10.0. The Balaban J connectivity index is 2.34. The van der Waals surface area contributed by atoms with Crippen LogP contribution in [0.25, 0.3) is 0 Å². The predicted octanol–water partition coefficient (Wildman–Crippen LogP) is 3.12. The van der Waals surface area contributed by atoms with Crippen molar-refractivity contribution in [1.82, 2.24) is 0 Å². The third kappa shape index (κ3) is 3.40. The van der Waals surface area contributed by atoms with Crippen molar-refractivity contribution in [3.05, 3.63) is 18.2 Å². The SMILES string of the molecule is CCOc1ccc(N)c(S(=O)C2CC(C)(C)OC2(C)C)c1. The fourth-order valence-corrected chi connectivity index (χ4v) is 4.90. The van der Waals surface area contributed by atoms with Gasteiger partial charge in [-0.25, -0.2) is 0 Å². The van der Waals surface area contributed by atoms with Gasteiger partial charge in [0.15, 0.2) is 0 Å². The van der Waals surface area contributed by atoms with E-state index >= 15 is 0 Å². The highest BCUT2D eigenvalue weighted by atomic mass is 32.2. The van der Waals surface area contributed by atoms with Crippen molar-refractivity contribution in [3.8, 4) is 5.75 Å². The molecule has 0 spiro atoms. The summed E-state index contributed by atoms with van der Waals surface area (Å²) in [4.78, 5) is 0.639. The van der Waals surface area contributed by atoms with Crippen molar-refractivity contribution in [2.24, 2.45) is 0 Å². The van der Waals surface area contributed by atoms with E-state index in [4.69, 9.17) is 15.2 Å². The fraction of sp³-hybridized carbons (Fsp3) is 0.625. The number of ether oxygens (including phenoxy) is 2. The molecule has 0 radical (unpaired) electrons. The van der Waals surface area contributed by atoms with Crippen LogP contribution in [0.3, 0.4) is 0 Å². The summed E-state index contributed by atoms with van der Waals surface area (Å²) < 4.78 is 24.6. The molecule has 1 aliphatic heterocycles. The molecular weight excluding hydrogens is 286 g/mol. The van der Waals surface area contributed by atoms with Gasteiger partial charge in [-0.3, -0.25) is 4.21 Å². The lowest BCUT2D eigenvalue weighted by Crippen LogP contribution is -2.36. The van der Waals surface area contributed by atoms with Crippen LogP contribution < -0.4 is 10.5 Å². The van der Waals surface area contributed by atoms with Crippen LogP contribution in [0, 0.1) is 0 Å². The molecule has 0 saturated carbocycles. The molecule has 1 aliphatic rings. The maximum absolute atomic E-state index is 13.0. The zero-order valence-electron chi connectivity index (χ0n) is 13.4. The summed E-state index contributed by atoms with van der Waals surface area (Å²) in [5.74, 6) is 0.700. The van der Waals surface area contributed by atoms with Crippen LogP contribution in [0.4, 0.5) is 5.69 Å². The third-order valence-electron chi connectivity index (χ3n) is 3.76. The Kier molecular flexibility index (Phi) is 4.36. The summed E-state index contributed by atoms with van der Waals surface area (Å²) in [7, 11) is -1.23. The van der Waals surface area contributed by atoms with Crippen molar-refractivity contribution in [2.45, 2.75) is 62.4 Å². The Morgan fingerprint density at radius 2 is 2.05 bits per heavy atom. The summed E-state index contributed by atoms with van der Waals surface area (Å²) in [6, 6.07) is 5.35. The van der Waals surface area contributed by atoms with Gasteiger partial charge < -0.3 is 15.2 Å². The number of hydrogen-bond donors (Lipinski definition) is 1. The van der Waals surface area contributed by atoms with Gasteiger partial charge in [0, 0.05) is 5.69 Å². The topological polar surface area (TPSA) is 61.5 Å². The normalized spacial score (nSPS) is 24.7. The lowest BCUT2D eigenvalue weighted by Gasteiger charge is -2.27. The van der Waals surface area contributed by atoms with Crippen LogP contribution in [0.15, 0.2) is 23.1 Å². The van der Waals surface area contributed by atoms with Crippen LogP contribution in [-0.4, -0.2) is 27.3 Å². The lowest BCUT2D eigenvalue weighted by molar-refractivity contribution is -0.0633. The van der Waals surface area contributed by atoms with E-state index in [1.54, 1.807) is 18.2 Å². The van der Waals surface area contributed by atoms with Crippen molar-refractivity contribution >= 4 is 16.5 Å². The molecule has 118 valence electrons. The first-order valence-electron chi connectivity index (χ1n) is 7.29. The first kappa shape index (κ1) is 16.3. The van der Waals surface area contributed by atoms with Gasteiger partial charge in [0.05, 0.1) is 38.8 Å². The first-order valence-corrected chi connectivity index (χ1v) is 8.50. The van der Waals surface area contributed by atoms with Crippen LogP contribution in [0.1, 0.15) is 41.0 Å². The molecule has 1 aromatic rings. The molecule has 1 aromatic carbocycles. The fourth-order valence-electron chi connectivity index (χ4n) is 2.94. The van der Waals surface area contributed by atoms with E-state index in [9.17, 15) is 4.21 Å². The van der Waals surface area contributed by atoms with E-state index in [1.807, 2.05) is 34.6 Å². The monoisotopic (exact) mass is 311 g/mol. The van der Waals surface area contributed by atoms with E-state index in [0.717, 1.165) is 6.42 Å². The van der Waals surface area contributed by atoms with Gasteiger partial charge in [0.2, 0.25) is 0 Å². The molecule has 1 fully saturated rings. The van der Waals surface area contributed by atoms with Crippen LogP contribution in [0.5, 0.6) is 5.75 Å². The molecule has 1 saturated heterocycles. The number of hydrogen-bond acceptors (Lipinski definition) is 4. The molecule has 0 amide bonds. The van der Waals surface area contributed by atoms with Crippen molar-refractivity contribution in [3.63, 3.8) is 0 Å². The van der Waals surface area contributed by atoms with Gasteiger partial charge in [-0.1, -0.05) is 0 Å². The maximum Gasteiger partial charge on any atom is 0.120 e. The number of benzene rings is 1. The Bertz CT molecular complexity index is 554. The summed E-state index contributed by atoms with van der Waals surface area (Å²) in [5, 5.41) is -0.0910. The second-order valence-electron chi connectivity index (χ2n) is 6.59. The van der Waals surface area contributed by atoms with Gasteiger partial charge in [0.25, 0.3) is 0 Å². The standard InChI is InChI=1S/C16H25NO3S/c1-6-19-11-7-8-12(17)13(9-11)21(18)14-10-15(2,3)20-16(14,4)5/h7-9,14H,6,10,17H2,1-5H3. The molecule has 2 unspecified atom stereocenters. The molecule has 5 heteroatoms. The third-order valence-corrected chi connectivity index (χ3v) is 5.80. The van der Waals surface area contributed by atoms with E-state index in [2.05, 4.69) is 0 Å². The highest BCUT2D eigenvalue weighted by Gasteiger charge is 2.49. The van der Waals surface area contributed by atoms with E-state index < -0.39 is 16.4 Å². The molecule has 4 nitrogen and oxygen atoms in total. The number of nitrogen functional groups attached to an aromatic ring is 1. The van der Waals surface area contributed by atoms with E-state index in [1.165, 1.54) is 0 Å². The van der Waals surface area contributed by atoms with E-state index in [0.29, 0.717) is 22.9 Å². The molecule has 0 bridgehead atoms. The average molecular weight is 311 g/mol. The summed E-state index contributed by atoms with van der Waals surface area (Å²) >= 11 is 0. The molecular formula is C16H25NO3S. The number of rotatable bonds is 4. The highest BCUT2D eigenvalue weighted by molar-refractivity contribution is 7.86. The Labute approximate surface area is 129 Å². The van der Waals surface area contributed by atoms with E-state index in [-0.39, 0.29) is 10.9 Å². The average Bonchev–Trinajstić information content (AvgIpc) is 2.59. The summed E-state index contributed by atoms with van der Waals surface area (Å²) in [6.07, 6.45) is 0.741. The molecule has 1 heterocycles. The minimum atomic E-state index is -1.23. The second kappa shape index (κ2) is 5.61. The number of anilines is 1. The smallest absolute Gasteiger partial charge is 0.120 e. The minimum Gasteiger partial charge on any atom is -0.494 e. The zero-order chi connectivity index (χ0) is 15.8.